The Bertz CT molecular complexity index is 259. The Labute approximate surface area is 99.0 Å². The van der Waals surface area contributed by atoms with Crippen LogP contribution in [-0.2, 0) is 4.79 Å². The van der Waals surface area contributed by atoms with Crippen LogP contribution < -0.4 is 0 Å². The van der Waals surface area contributed by atoms with Crippen molar-refractivity contribution in [2.45, 2.75) is 25.7 Å². The molecule has 0 unspecified atom stereocenters. The van der Waals surface area contributed by atoms with Crippen LogP contribution in [0.25, 0.3) is 0 Å². The molecule has 2 fully saturated rings. The first kappa shape index (κ1) is 11.4. The fourth-order valence-corrected chi connectivity index (χ4v) is 3.74. The predicted octanol–water partition coefficient (Wildman–Crippen LogP) is 1.96. The molecular formula is C11H18BrNO2. The lowest BCUT2D eigenvalue weighted by atomic mass is 9.85. The van der Waals surface area contributed by atoms with Crippen molar-refractivity contribution in [3.63, 3.8) is 0 Å². The third kappa shape index (κ3) is 2.53. The largest absolute Gasteiger partial charge is 0.480 e. The van der Waals surface area contributed by atoms with E-state index < -0.39 is 5.97 Å². The van der Waals surface area contributed by atoms with E-state index in [4.69, 9.17) is 5.11 Å². The van der Waals surface area contributed by atoms with Crippen LogP contribution in [-0.4, -0.2) is 40.9 Å². The molecule has 0 amide bonds. The topological polar surface area (TPSA) is 40.5 Å². The van der Waals surface area contributed by atoms with Gasteiger partial charge in [0.15, 0.2) is 0 Å². The third-order valence-electron chi connectivity index (χ3n) is 3.90. The summed E-state index contributed by atoms with van der Waals surface area (Å²) >= 11 is 3.55. The van der Waals surface area contributed by atoms with Crippen molar-refractivity contribution in [1.82, 2.24) is 4.90 Å². The van der Waals surface area contributed by atoms with Gasteiger partial charge in [-0.2, -0.15) is 0 Å². The Morgan fingerprint density at radius 3 is 2.93 bits per heavy atom. The van der Waals surface area contributed by atoms with Gasteiger partial charge in [-0.25, -0.2) is 0 Å². The molecule has 1 heterocycles. The van der Waals surface area contributed by atoms with Crippen LogP contribution in [0.15, 0.2) is 0 Å². The van der Waals surface area contributed by atoms with E-state index in [2.05, 4.69) is 20.8 Å². The van der Waals surface area contributed by atoms with Gasteiger partial charge in [0.2, 0.25) is 0 Å². The predicted molar refractivity (Wildman–Crippen MR) is 62.3 cm³/mol. The van der Waals surface area contributed by atoms with Crippen molar-refractivity contribution >= 4 is 21.9 Å². The Morgan fingerprint density at radius 2 is 2.33 bits per heavy atom. The minimum atomic E-state index is -0.693. The van der Waals surface area contributed by atoms with Gasteiger partial charge in [0.05, 0.1) is 6.54 Å². The number of halogens is 1. The highest BCUT2D eigenvalue weighted by atomic mass is 79.9. The van der Waals surface area contributed by atoms with Crippen LogP contribution in [0, 0.1) is 11.3 Å². The molecule has 1 saturated carbocycles. The summed E-state index contributed by atoms with van der Waals surface area (Å²) in [6.07, 6.45) is 5.09. The zero-order valence-electron chi connectivity index (χ0n) is 8.91. The summed E-state index contributed by atoms with van der Waals surface area (Å²) in [7, 11) is 0. The molecule has 86 valence electrons. The van der Waals surface area contributed by atoms with Gasteiger partial charge in [0.25, 0.3) is 0 Å². The summed E-state index contributed by atoms with van der Waals surface area (Å²) in [6.45, 7) is 2.20. The van der Waals surface area contributed by atoms with Crippen LogP contribution in [0.3, 0.4) is 0 Å². The highest BCUT2D eigenvalue weighted by molar-refractivity contribution is 9.09. The second-order valence-electron chi connectivity index (χ2n) is 5.12. The quantitative estimate of drug-likeness (QED) is 0.801. The van der Waals surface area contributed by atoms with Crippen LogP contribution in [0.5, 0.6) is 0 Å². The lowest BCUT2D eigenvalue weighted by Gasteiger charge is -2.23. The number of rotatable bonds is 3. The fraction of sp³-hybridized carbons (Fsp3) is 0.909. The highest BCUT2D eigenvalue weighted by Gasteiger charge is 2.43. The Hall–Kier alpha value is -0.0900. The first-order valence-corrected chi connectivity index (χ1v) is 6.76. The van der Waals surface area contributed by atoms with E-state index in [0.29, 0.717) is 5.41 Å². The smallest absolute Gasteiger partial charge is 0.317 e. The molecule has 0 radical (unpaired) electrons. The Balaban J connectivity index is 1.89. The van der Waals surface area contributed by atoms with Gasteiger partial charge < -0.3 is 5.11 Å². The number of nitrogens with zero attached hydrogens (tertiary/aromatic N) is 1. The number of aliphatic carboxylic acids is 1. The average molecular weight is 276 g/mol. The highest BCUT2D eigenvalue weighted by Crippen LogP contribution is 2.48. The maximum absolute atomic E-state index is 10.6. The third-order valence-corrected chi connectivity index (χ3v) is 4.81. The molecule has 1 aliphatic carbocycles. The van der Waals surface area contributed by atoms with Gasteiger partial charge in [0.1, 0.15) is 0 Å². The molecule has 3 nitrogen and oxygen atoms in total. The molecule has 2 rings (SSSR count). The molecule has 15 heavy (non-hydrogen) atoms. The molecule has 1 saturated heterocycles. The SMILES string of the molecule is O=C(O)CN1CC[C@@]2(CC[C@H](CBr)C2)C1. The van der Waals surface area contributed by atoms with Gasteiger partial charge in [-0.3, -0.25) is 9.69 Å². The summed E-state index contributed by atoms with van der Waals surface area (Å²) in [4.78, 5) is 12.7. The van der Waals surface area contributed by atoms with E-state index in [9.17, 15) is 4.79 Å². The number of carboxylic acids is 1. The summed E-state index contributed by atoms with van der Waals surface area (Å²) in [5.74, 6) is 0.122. The van der Waals surface area contributed by atoms with E-state index >= 15 is 0 Å². The zero-order chi connectivity index (χ0) is 10.9. The lowest BCUT2D eigenvalue weighted by Crippen LogP contribution is -2.30. The van der Waals surface area contributed by atoms with E-state index in [1.807, 2.05) is 0 Å². The molecule has 2 atom stereocenters. The number of carboxylic acid groups (broad SMARTS) is 1. The van der Waals surface area contributed by atoms with Crippen molar-refractivity contribution in [2.24, 2.45) is 11.3 Å². The molecule has 0 aromatic heterocycles. The van der Waals surface area contributed by atoms with Gasteiger partial charge in [-0.15, -0.1) is 0 Å². The maximum Gasteiger partial charge on any atom is 0.317 e. The van der Waals surface area contributed by atoms with Crippen molar-refractivity contribution < 1.29 is 9.90 Å². The molecule has 1 N–H and O–H groups in total. The number of hydrogen-bond acceptors (Lipinski definition) is 2. The summed E-state index contributed by atoms with van der Waals surface area (Å²) < 4.78 is 0. The minimum absolute atomic E-state index is 0.223. The first-order valence-electron chi connectivity index (χ1n) is 5.64. The van der Waals surface area contributed by atoms with Gasteiger partial charge >= 0.3 is 5.97 Å². The van der Waals surface area contributed by atoms with Crippen LogP contribution >= 0.6 is 15.9 Å². The molecule has 1 spiro atoms. The molecule has 0 bridgehead atoms. The summed E-state index contributed by atoms with van der Waals surface area (Å²) in [6, 6.07) is 0. The molecule has 1 aliphatic heterocycles. The standard InChI is InChI=1S/C11H18BrNO2/c12-6-9-1-2-11(5-9)3-4-13(8-11)7-10(14)15/h9H,1-8H2,(H,14,15)/t9-,11+/m0/s1. The van der Waals surface area contributed by atoms with Crippen molar-refractivity contribution in [3.8, 4) is 0 Å². The van der Waals surface area contributed by atoms with E-state index in [0.717, 1.165) is 24.3 Å². The first-order chi connectivity index (χ1) is 7.13. The molecule has 2 aliphatic rings. The number of alkyl halides is 1. The van der Waals surface area contributed by atoms with Gasteiger partial charge in [0, 0.05) is 11.9 Å². The number of hydrogen-bond donors (Lipinski definition) is 1. The Kier molecular flexibility index (Phi) is 3.36. The maximum atomic E-state index is 10.6. The van der Waals surface area contributed by atoms with Crippen LogP contribution in [0.4, 0.5) is 0 Å². The van der Waals surface area contributed by atoms with Crippen LogP contribution in [0.1, 0.15) is 25.7 Å². The van der Waals surface area contributed by atoms with Crippen molar-refractivity contribution in [1.29, 1.82) is 0 Å². The average Bonchev–Trinajstić information content (AvgIpc) is 2.74. The van der Waals surface area contributed by atoms with E-state index in [1.54, 1.807) is 0 Å². The van der Waals surface area contributed by atoms with Crippen LogP contribution in [0.2, 0.25) is 0 Å². The fourth-order valence-electron chi connectivity index (χ4n) is 3.18. The summed E-state index contributed by atoms with van der Waals surface area (Å²) in [5.41, 5.74) is 0.452. The normalized spacial score (nSPS) is 36.5. The van der Waals surface area contributed by atoms with Crippen molar-refractivity contribution in [2.75, 3.05) is 25.0 Å². The number of carbonyl (C=O) groups is 1. The molecule has 0 aromatic rings. The van der Waals surface area contributed by atoms with E-state index in [-0.39, 0.29) is 6.54 Å². The molecule has 4 heteroatoms. The van der Waals surface area contributed by atoms with Gasteiger partial charge in [-0.1, -0.05) is 15.9 Å². The van der Waals surface area contributed by atoms with Gasteiger partial charge in [-0.05, 0) is 43.6 Å². The summed E-state index contributed by atoms with van der Waals surface area (Å²) in [5, 5.41) is 9.86. The second-order valence-corrected chi connectivity index (χ2v) is 5.77. The minimum Gasteiger partial charge on any atom is -0.480 e. The number of likely N-dealkylation sites (tertiary alicyclic amines) is 1. The Morgan fingerprint density at radius 1 is 1.53 bits per heavy atom. The molecular weight excluding hydrogens is 258 g/mol. The molecule has 0 aromatic carbocycles. The lowest BCUT2D eigenvalue weighted by molar-refractivity contribution is -0.138. The van der Waals surface area contributed by atoms with Crippen molar-refractivity contribution in [3.05, 3.63) is 0 Å². The zero-order valence-corrected chi connectivity index (χ0v) is 10.5. The monoisotopic (exact) mass is 275 g/mol. The second kappa shape index (κ2) is 4.42. The van der Waals surface area contributed by atoms with E-state index in [1.165, 1.54) is 25.7 Å².